The van der Waals surface area contributed by atoms with E-state index < -0.39 is 5.79 Å². The summed E-state index contributed by atoms with van der Waals surface area (Å²) in [7, 11) is 0. The summed E-state index contributed by atoms with van der Waals surface area (Å²) in [6, 6.07) is 0. The van der Waals surface area contributed by atoms with Gasteiger partial charge in [-0.1, -0.05) is 76.9 Å². The fourth-order valence-corrected chi connectivity index (χ4v) is 3.51. The molecule has 1 heterocycles. The van der Waals surface area contributed by atoms with Crippen LogP contribution in [0.4, 0.5) is 0 Å². The minimum absolute atomic E-state index is 0.106. The maximum atomic E-state index is 5.73. The highest BCUT2D eigenvalue weighted by molar-refractivity contribution is 4.81. The molecule has 0 spiro atoms. The van der Waals surface area contributed by atoms with Crippen molar-refractivity contribution in [1.29, 1.82) is 0 Å². The van der Waals surface area contributed by atoms with E-state index in [1.54, 1.807) is 0 Å². The molecule has 3 nitrogen and oxygen atoms in total. The molecule has 1 unspecified atom stereocenters. The van der Waals surface area contributed by atoms with Gasteiger partial charge in [0.25, 0.3) is 0 Å². The van der Waals surface area contributed by atoms with Crippen LogP contribution in [0.3, 0.4) is 0 Å². The highest BCUT2D eigenvalue weighted by Gasteiger charge is 2.32. The van der Waals surface area contributed by atoms with Gasteiger partial charge in [0, 0.05) is 6.61 Å². The molecular formula is C24H46O3. The van der Waals surface area contributed by atoms with Gasteiger partial charge >= 0.3 is 0 Å². The quantitative estimate of drug-likeness (QED) is 0.185. The Balaban J connectivity index is 1.72. The van der Waals surface area contributed by atoms with Crippen molar-refractivity contribution in [2.45, 2.75) is 123 Å². The molecule has 0 N–H and O–H groups in total. The van der Waals surface area contributed by atoms with Crippen LogP contribution in [0.25, 0.3) is 0 Å². The van der Waals surface area contributed by atoms with E-state index in [2.05, 4.69) is 19.1 Å². The molecule has 0 saturated carbocycles. The van der Waals surface area contributed by atoms with Gasteiger partial charge in [0.1, 0.15) is 6.10 Å². The molecule has 1 aliphatic heterocycles. The molecule has 0 aromatic heterocycles. The van der Waals surface area contributed by atoms with E-state index in [9.17, 15) is 0 Å². The molecule has 0 radical (unpaired) electrons. The molecule has 160 valence electrons. The minimum Gasteiger partial charge on any atom is -0.379 e. The van der Waals surface area contributed by atoms with Crippen molar-refractivity contribution in [2.24, 2.45) is 0 Å². The summed E-state index contributed by atoms with van der Waals surface area (Å²) >= 11 is 0. The van der Waals surface area contributed by atoms with Crippen LogP contribution < -0.4 is 0 Å². The Bertz CT molecular complexity index is 352. The van der Waals surface area contributed by atoms with Crippen molar-refractivity contribution < 1.29 is 14.2 Å². The first kappa shape index (κ1) is 24.7. The number of rotatable bonds is 18. The lowest BCUT2D eigenvalue weighted by Gasteiger charge is -2.17. The van der Waals surface area contributed by atoms with E-state index in [-0.39, 0.29) is 6.10 Å². The summed E-state index contributed by atoms with van der Waals surface area (Å²) < 4.78 is 17.0. The Labute approximate surface area is 169 Å². The first-order valence-corrected chi connectivity index (χ1v) is 11.7. The second kappa shape index (κ2) is 16.6. The first-order valence-electron chi connectivity index (χ1n) is 11.7. The van der Waals surface area contributed by atoms with Crippen LogP contribution in [0.1, 0.15) is 111 Å². The minimum atomic E-state index is -0.433. The van der Waals surface area contributed by atoms with Crippen molar-refractivity contribution in [3.63, 3.8) is 0 Å². The van der Waals surface area contributed by atoms with E-state index in [1.165, 1.54) is 83.5 Å². The zero-order chi connectivity index (χ0) is 19.6. The number of allylic oxidation sites excluding steroid dienone is 2. The second-order valence-corrected chi connectivity index (χ2v) is 8.46. The topological polar surface area (TPSA) is 27.7 Å². The average molecular weight is 383 g/mol. The molecule has 1 atom stereocenters. The first-order chi connectivity index (χ1) is 13.1. The third-order valence-corrected chi connectivity index (χ3v) is 5.17. The molecule has 1 rings (SSSR count). The number of hydrogen-bond donors (Lipinski definition) is 0. The lowest BCUT2D eigenvalue weighted by molar-refractivity contribution is -0.145. The van der Waals surface area contributed by atoms with Gasteiger partial charge < -0.3 is 14.2 Å². The fraction of sp³-hybridized carbons (Fsp3) is 0.917. The van der Waals surface area contributed by atoms with Crippen molar-refractivity contribution in [3.05, 3.63) is 12.2 Å². The van der Waals surface area contributed by atoms with Crippen molar-refractivity contribution in [3.8, 4) is 0 Å². The predicted octanol–water partition coefficient (Wildman–Crippen LogP) is 7.19. The molecular weight excluding hydrogens is 336 g/mol. The molecule has 0 aromatic rings. The Morgan fingerprint density at radius 2 is 1.37 bits per heavy atom. The van der Waals surface area contributed by atoms with Crippen molar-refractivity contribution >= 4 is 0 Å². The van der Waals surface area contributed by atoms with Gasteiger partial charge in [-0.25, -0.2) is 0 Å². The molecule has 1 aliphatic rings. The summed E-state index contributed by atoms with van der Waals surface area (Å²) in [5, 5.41) is 0. The lowest BCUT2D eigenvalue weighted by Crippen LogP contribution is -2.24. The van der Waals surface area contributed by atoms with Gasteiger partial charge in [0.2, 0.25) is 0 Å². The van der Waals surface area contributed by atoms with Gasteiger partial charge in [-0.15, -0.1) is 0 Å². The Morgan fingerprint density at radius 3 is 1.93 bits per heavy atom. The van der Waals surface area contributed by atoms with Crippen LogP contribution in [0.2, 0.25) is 0 Å². The third kappa shape index (κ3) is 15.2. The third-order valence-electron chi connectivity index (χ3n) is 5.17. The van der Waals surface area contributed by atoms with Crippen molar-refractivity contribution in [1.82, 2.24) is 0 Å². The molecule has 1 saturated heterocycles. The molecule has 3 heteroatoms. The Hall–Kier alpha value is -0.380. The van der Waals surface area contributed by atoms with Gasteiger partial charge in [0.05, 0.1) is 13.2 Å². The average Bonchev–Trinajstić information content (AvgIpc) is 2.99. The monoisotopic (exact) mass is 382 g/mol. The second-order valence-electron chi connectivity index (χ2n) is 8.46. The van der Waals surface area contributed by atoms with Crippen LogP contribution in [0.15, 0.2) is 12.2 Å². The zero-order valence-electron chi connectivity index (χ0n) is 18.5. The van der Waals surface area contributed by atoms with E-state index >= 15 is 0 Å². The number of ether oxygens (including phenoxy) is 3. The normalized spacial score (nSPS) is 19.3. The summed E-state index contributed by atoms with van der Waals surface area (Å²) in [4.78, 5) is 0. The van der Waals surface area contributed by atoms with Gasteiger partial charge in [-0.05, 0) is 46.0 Å². The molecule has 0 bridgehead atoms. The van der Waals surface area contributed by atoms with Crippen LogP contribution >= 0.6 is 0 Å². The summed E-state index contributed by atoms with van der Waals surface area (Å²) in [6.45, 7) is 8.36. The zero-order valence-corrected chi connectivity index (χ0v) is 18.5. The Kier molecular flexibility index (Phi) is 15.1. The number of hydrogen-bond acceptors (Lipinski definition) is 3. The van der Waals surface area contributed by atoms with Gasteiger partial charge in [-0.3, -0.25) is 0 Å². The molecule has 0 aliphatic carbocycles. The van der Waals surface area contributed by atoms with E-state index in [4.69, 9.17) is 14.2 Å². The van der Waals surface area contributed by atoms with Gasteiger partial charge in [-0.2, -0.15) is 0 Å². The molecule has 27 heavy (non-hydrogen) atoms. The lowest BCUT2D eigenvalue weighted by atomic mass is 10.1. The van der Waals surface area contributed by atoms with E-state index in [0.717, 1.165) is 13.0 Å². The fourth-order valence-electron chi connectivity index (χ4n) is 3.51. The van der Waals surface area contributed by atoms with Crippen LogP contribution in [-0.4, -0.2) is 31.7 Å². The maximum absolute atomic E-state index is 5.73. The van der Waals surface area contributed by atoms with Crippen molar-refractivity contribution in [2.75, 3.05) is 19.8 Å². The maximum Gasteiger partial charge on any atom is 0.163 e. The van der Waals surface area contributed by atoms with Gasteiger partial charge in [0.15, 0.2) is 5.79 Å². The highest BCUT2D eigenvalue weighted by Crippen LogP contribution is 2.22. The molecule has 0 aromatic carbocycles. The summed E-state index contributed by atoms with van der Waals surface area (Å²) in [6.07, 6.45) is 23.7. The smallest absolute Gasteiger partial charge is 0.163 e. The van der Waals surface area contributed by atoms with E-state index in [1.807, 2.05) is 13.8 Å². The molecule has 0 amide bonds. The standard InChI is InChI=1S/C24H46O3/c1-4-5-6-7-8-9-10-11-12-13-14-15-16-17-18-19-20-25-21-23-22-26-24(2,3)27-23/h11-12,23H,4-10,13-22H2,1-3H3/b12-11-. The largest absolute Gasteiger partial charge is 0.379 e. The predicted molar refractivity (Wildman–Crippen MR) is 115 cm³/mol. The number of unbranched alkanes of at least 4 members (excludes halogenated alkanes) is 12. The SMILES string of the molecule is CCCCCCCC/C=C\CCCCCCCCOCC1COC(C)(C)O1. The summed E-state index contributed by atoms with van der Waals surface area (Å²) in [5.74, 6) is -0.433. The van der Waals surface area contributed by atoms with Crippen LogP contribution in [-0.2, 0) is 14.2 Å². The summed E-state index contributed by atoms with van der Waals surface area (Å²) in [5.41, 5.74) is 0. The highest BCUT2D eigenvalue weighted by atomic mass is 16.7. The van der Waals surface area contributed by atoms with E-state index in [0.29, 0.717) is 13.2 Å². The molecule has 1 fully saturated rings. The Morgan fingerprint density at radius 1 is 0.815 bits per heavy atom. The van der Waals surface area contributed by atoms with Crippen LogP contribution in [0, 0.1) is 0 Å². The van der Waals surface area contributed by atoms with Crippen LogP contribution in [0.5, 0.6) is 0 Å².